The van der Waals surface area contributed by atoms with Gasteiger partial charge in [0.1, 0.15) is 5.82 Å². The molecule has 1 atom stereocenters. The zero-order valence-corrected chi connectivity index (χ0v) is 11.1. The van der Waals surface area contributed by atoms with Gasteiger partial charge in [-0.2, -0.15) is 5.26 Å². The van der Waals surface area contributed by atoms with Gasteiger partial charge in [-0.25, -0.2) is 4.39 Å². The third kappa shape index (κ3) is 3.42. The maximum atomic E-state index is 13.6. The number of aryl methyl sites for hydroxylation is 1. The van der Waals surface area contributed by atoms with Crippen LogP contribution in [0.3, 0.4) is 0 Å². The molecule has 0 saturated carbocycles. The van der Waals surface area contributed by atoms with E-state index in [1.807, 2.05) is 19.0 Å². The van der Waals surface area contributed by atoms with Crippen molar-refractivity contribution in [2.24, 2.45) is 0 Å². The van der Waals surface area contributed by atoms with Crippen molar-refractivity contribution >= 4 is 11.6 Å². The lowest BCUT2D eigenvalue weighted by Crippen LogP contribution is -2.20. The topological polar surface area (TPSA) is 27.0 Å². The van der Waals surface area contributed by atoms with E-state index in [1.54, 1.807) is 13.0 Å². The highest BCUT2D eigenvalue weighted by molar-refractivity contribution is 6.31. The van der Waals surface area contributed by atoms with E-state index in [-0.39, 0.29) is 11.9 Å². The largest absolute Gasteiger partial charge is 0.302 e. The zero-order valence-electron chi connectivity index (χ0n) is 10.3. The van der Waals surface area contributed by atoms with Crippen molar-refractivity contribution in [3.05, 3.63) is 34.1 Å². The molecule has 4 heteroatoms. The van der Waals surface area contributed by atoms with Gasteiger partial charge >= 0.3 is 0 Å². The molecule has 0 N–H and O–H groups in total. The Balaban J connectivity index is 3.10. The van der Waals surface area contributed by atoms with Crippen LogP contribution in [0.4, 0.5) is 4.39 Å². The van der Waals surface area contributed by atoms with Crippen LogP contribution >= 0.6 is 11.6 Å². The van der Waals surface area contributed by atoms with Gasteiger partial charge in [-0.3, -0.25) is 0 Å². The summed E-state index contributed by atoms with van der Waals surface area (Å²) in [4.78, 5) is 1.95. The van der Waals surface area contributed by atoms with Crippen LogP contribution in [0, 0.1) is 24.1 Å². The molecule has 0 spiro atoms. The molecule has 1 rings (SSSR count). The fourth-order valence-corrected chi connectivity index (χ4v) is 2.15. The summed E-state index contributed by atoms with van der Waals surface area (Å²) in [5.74, 6) is -0.256. The molecule has 17 heavy (non-hydrogen) atoms. The van der Waals surface area contributed by atoms with E-state index in [2.05, 4.69) is 6.07 Å². The van der Waals surface area contributed by atoms with E-state index in [0.717, 1.165) is 5.56 Å². The first-order chi connectivity index (χ1) is 7.97. The average Bonchev–Trinajstić information content (AvgIpc) is 2.25. The van der Waals surface area contributed by atoms with Crippen molar-refractivity contribution in [2.75, 3.05) is 14.1 Å². The van der Waals surface area contributed by atoms with Crippen LogP contribution in [0.1, 0.15) is 30.0 Å². The molecule has 0 aliphatic heterocycles. The van der Waals surface area contributed by atoms with E-state index >= 15 is 0 Å². The molecule has 2 nitrogen and oxygen atoms in total. The summed E-state index contributed by atoms with van der Waals surface area (Å²) < 4.78 is 13.6. The zero-order chi connectivity index (χ0) is 13.0. The molecule has 0 aliphatic carbocycles. The molecule has 0 fully saturated rings. The first-order valence-corrected chi connectivity index (χ1v) is 5.84. The molecule has 1 aromatic rings. The summed E-state index contributed by atoms with van der Waals surface area (Å²) in [6, 6.07) is 5.18. The van der Waals surface area contributed by atoms with Crippen LogP contribution in [0.5, 0.6) is 0 Å². The van der Waals surface area contributed by atoms with E-state index in [4.69, 9.17) is 16.9 Å². The number of nitrogens with zero attached hydrogens (tertiary/aromatic N) is 2. The van der Waals surface area contributed by atoms with E-state index in [9.17, 15) is 4.39 Å². The number of benzene rings is 1. The Morgan fingerprint density at radius 1 is 1.47 bits per heavy atom. The lowest BCUT2D eigenvalue weighted by molar-refractivity contribution is 0.285. The van der Waals surface area contributed by atoms with Crippen LogP contribution in [0.25, 0.3) is 0 Å². The molecule has 0 aliphatic rings. The van der Waals surface area contributed by atoms with Gasteiger partial charge in [0, 0.05) is 17.5 Å². The normalized spacial score (nSPS) is 12.5. The molecular weight excluding hydrogens is 239 g/mol. The Kier molecular flexibility index (Phi) is 4.92. The van der Waals surface area contributed by atoms with Crippen molar-refractivity contribution in [3.63, 3.8) is 0 Å². The van der Waals surface area contributed by atoms with Crippen LogP contribution in [0.15, 0.2) is 12.1 Å². The van der Waals surface area contributed by atoms with Gasteiger partial charge < -0.3 is 4.90 Å². The second kappa shape index (κ2) is 6.00. The Bertz CT molecular complexity index is 438. The Labute approximate surface area is 107 Å². The van der Waals surface area contributed by atoms with Crippen LogP contribution in [-0.2, 0) is 0 Å². The number of hydrogen-bond acceptors (Lipinski definition) is 2. The molecule has 0 saturated heterocycles. The molecule has 0 aromatic heterocycles. The van der Waals surface area contributed by atoms with E-state index in [0.29, 0.717) is 23.4 Å². The summed E-state index contributed by atoms with van der Waals surface area (Å²) in [6.45, 7) is 1.69. The average molecular weight is 255 g/mol. The molecule has 0 radical (unpaired) electrons. The lowest BCUT2D eigenvalue weighted by atomic mass is 9.99. The first kappa shape index (κ1) is 14.0. The Morgan fingerprint density at radius 2 is 2.12 bits per heavy atom. The standard InChI is InChI=1S/C13H16ClFN2/c1-9-7-11(14)10(8-12(9)15)13(17(2)3)5-4-6-16/h7-8,13H,4-5H2,1-3H3. The molecule has 1 unspecified atom stereocenters. The molecule has 0 amide bonds. The number of rotatable bonds is 4. The highest BCUT2D eigenvalue weighted by Crippen LogP contribution is 2.31. The van der Waals surface area contributed by atoms with Gasteiger partial charge in [0.2, 0.25) is 0 Å². The minimum atomic E-state index is -0.256. The number of hydrogen-bond donors (Lipinski definition) is 0. The predicted molar refractivity (Wildman–Crippen MR) is 67.4 cm³/mol. The number of halogens is 2. The fourth-order valence-electron chi connectivity index (χ4n) is 1.81. The monoisotopic (exact) mass is 254 g/mol. The van der Waals surface area contributed by atoms with Gasteiger partial charge in [-0.1, -0.05) is 11.6 Å². The molecule has 1 aromatic carbocycles. The maximum absolute atomic E-state index is 13.6. The smallest absolute Gasteiger partial charge is 0.126 e. The SMILES string of the molecule is Cc1cc(Cl)c(C(CCC#N)N(C)C)cc1F. The summed E-state index contributed by atoms with van der Waals surface area (Å²) in [5.41, 5.74) is 1.28. The second-order valence-corrected chi connectivity index (χ2v) is 4.71. The predicted octanol–water partition coefficient (Wildman–Crippen LogP) is 3.69. The van der Waals surface area contributed by atoms with Gasteiger partial charge in [0.15, 0.2) is 0 Å². The van der Waals surface area contributed by atoms with Crippen LogP contribution in [-0.4, -0.2) is 19.0 Å². The molecule has 0 heterocycles. The number of nitriles is 1. The van der Waals surface area contributed by atoms with Gasteiger partial charge in [0.25, 0.3) is 0 Å². The third-order valence-corrected chi connectivity index (χ3v) is 3.12. The van der Waals surface area contributed by atoms with Crippen molar-refractivity contribution in [1.29, 1.82) is 5.26 Å². The lowest BCUT2D eigenvalue weighted by Gasteiger charge is -2.25. The summed E-state index contributed by atoms with van der Waals surface area (Å²) in [7, 11) is 3.80. The van der Waals surface area contributed by atoms with Gasteiger partial charge in [0.05, 0.1) is 6.07 Å². The van der Waals surface area contributed by atoms with Crippen molar-refractivity contribution in [1.82, 2.24) is 4.90 Å². The van der Waals surface area contributed by atoms with Gasteiger partial charge in [-0.05, 0) is 50.7 Å². The highest BCUT2D eigenvalue weighted by atomic mass is 35.5. The fraction of sp³-hybridized carbons (Fsp3) is 0.462. The van der Waals surface area contributed by atoms with E-state index < -0.39 is 0 Å². The molecular formula is C13H16ClFN2. The molecule has 92 valence electrons. The molecule has 0 bridgehead atoms. The van der Waals surface area contributed by atoms with Gasteiger partial charge in [-0.15, -0.1) is 0 Å². The van der Waals surface area contributed by atoms with Crippen molar-refractivity contribution in [3.8, 4) is 6.07 Å². The second-order valence-electron chi connectivity index (χ2n) is 4.30. The Hall–Kier alpha value is -1.11. The van der Waals surface area contributed by atoms with Crippen LogP contribution in [0.2, 0.25) is 5.02 Å². The Morgan fingerprint density at radius 3 is 2.65 bits per heavy atom. The minimum Gasteiger partial charge on any atom is -0.302 e. The van der Waals surface area contributed by atoms with Crippen molar-refractivity contribution in [2.45, 2.75) is 25.8 Å². The van der Waals surface area contributed by atoms with E-state index in [1.165, 1.54) is 6.07 Å². The third-order valence-electron chi connectivity index (χ3n) is 2.79. The summed E-state index contributed by atoms with van der Waals surface area (Å²) in [6.07, 6.45) is 1.07. The summed E-state index contributed by atoms with van der Waals surface area (Å²) in [5, 5.41) is 9.19. The highest BCUT2D eigenvalue weighted by Gasteiger charge is 2.18. The van der Waals surface area contributed by atoms with Crippen molar-refractivity contribution < 1.29 is 4.39 Å². The quantitative estimate of drug-likeness (QED) is 0.819. The minimum absolute atomic E-state index is 0.0303. The maximum Gasteiger partial charge on any atom is 0.126 e. The first-order valence-electron chi connectivity index (χ1n) is 5.46. The van der Waals surface area contributed by atoms with Crippen LogP contribution < -0.4 is 0 Å². The summed E-state index contributed by atoms with van der Waals surface area (Å²) >= 11 is 6.14.